The quantitative estimate of drug-likeness (QED) is 0.853. The fraction of sp³-hybridized carbons (Fsp3) is 0.615. The Morgan fingerprint density at radius 1 is 1.24 bits per heavy atom. The van der Waals surface area contributed by atoms with Crippen molar-refractivity contribution in [3.8, 4) is 5.88 Å². The molecule has 2 aliphatic rings. The Bertz CT molecular complexity index is 584. The second kappa shape index (κ2) is 4.28. The molecule has 1 fully saturated rings. The van der Waals surface area contributed by atoms with Crippen LogP contribution in [-0.4, -0.2) is 28.0 Å². The summed E-state index contributed by atoms with van der Waals surface area (Å²) in [4.78, 5) is 3.72. The van der Waals surface area contributed by atoms with Gasteiger partial charge in [-0.1, -0.05) is 0 Å². The molecule has 0 bridgehead atoms. The molecule has 1 N–H and O–H groups in total. The third-order valence-corrected chi connectivity index (χ3v) is 3.88. The highest BCUT2D eigenvalue weighted by Gasteiger charge is 2.58. The van der Waals surface area contributed by atoms with E-state index in [9.17, 15) is 27.1 Å². The lowest BCUT2D eigenvalue weighted by molar-refractivity contribution is -0.145. The van der Waals surface area contributed by atoms with Crippen LogP contribution >= 0.6 is 0 Å². The highest BCUT2D eigenvalue weighted by atomic mass is 19.3. The minimum atomic E-state index is -3.99. The standard InChI is InChI=1S/C13H12F5NO2/c1-5-4-19-11(21-6-2-12(15,16)3-6)8-7(5)10(20)13(17,18)9(8)14/h4,6,9-10,20H,2-3H2,1H3/t9-,10+/m1/s1. The molecule has 1 aromatic heterocycles. The number of aliphatic hydroxyl groups is 1. The maximum atomic E-state index is 13.9. The van der Waals surface area contributed by atoms with E-state index >= 15 is 0 Å². The van der Waals surface area contributed by atoms with Gasteiger partial charge in [0.1, 0.15) is 12.2 Å². The third-order valence-electron chi connectivity index (χ3n) is 3.88. The maximum Gasteiger partial charge on any atom is 0.312 e. The van der Waals surface area contributed by atoms with Gasteiger partial charge in [0.15, 0.2) is 6.17 Å². The van der Waals surface area contributed by atoms with Crippen molar-refractivity contribution >= 4 is 0 Å². The first-order valence-corrected chi connectivity index (χ1v) is 6.37. The van der Waals surface area contributed by atoms with Crippen molar-refractivity contribution in [1.82, 2.24) is 4.98 Å². The van der Waals surface area contributed by atoms with Gasteiger partial charge >= 0.3 is 5.92 Å². The molecule has 1 saturated carbocycles. The summed E-state index contributed by atoms with van der Waals surface area (Å²) in [7, 11) is 0. The van der Waals surface area contributed by atoms with Crippen molar-refractivity contribution in [2.45, 2.75) is 50.0 Å². The van der Waals surface area contributed by atoms with Crippen molar-refractivity contribution in [1.29, 1.82) is 0 Å². The molecule has 0 saturated heterocycles. The number of rotatable bonds is 2. The van der Waals surface area contributed by atoms with E-state index in [1.165, 1.54) is 6.92 Å². The van der Waals surface area contributed by atoms with Gasteiger partial charge in [-0.05, 0) is 12.5 Å². The van der Waals surface area contributed by atoms with Gasteiger partial charge in [-0.3, -0.25) is 0 Å². The van der Waals surface area contributed by atoms with Gasteiger partial charge in [0.05, 0.1) is 5.56 Å². The molecule has 2 atom stereocenters. The zero-order valence-electron chi connectivity index (χ0n) is 10.9. The molecule has 0 unspecified atom stereocenters. The van der Waals surface area contributed by atoms with Crippen molar-refractivity contribution < 1.29 is 31.8 Å². The molecule has 0 radical (unpaired) electrons. The molecule has 8 heteroatoms. The van der Waals surface area contributed by atoms with Gasteiger partial charge in [0.25, 0.3) is 5.92 Å². The summed E-state index contributed by atoms with van der Waals surface area (Å²) >= 11 is 0. The summed E-state index contributed by atoms with van der Waals surface area (Å²) in [6, 6.07) is 0. The lowest BCUT2D eigenvalue weighted by atomic mass is 9.91. The second-order valence-electron chi connectivity index (χ2n) is 5.52. The molecule has 0 spiro atoms. The third kappa shape index (κ3) is 2.07. The summed E-state index contributed by atoms with van der Waals surface area (Å²) in [6.45, 7) is 1.41. The Kier molecular flexibility index (Phi) is 2.96. The molecule has 1 heterocycles. The first kappa shape index (κ1) is 14.5. The van der Waals surface area contributed by atoms with Crippen LogP contribution in [0.2, 0.25) is 0 Å². The Labute approximate surface area is 116 Å². The van der Waals surface area contributed by atoms with Gasteiger partial charge < -0.3 is 9.84 Å². The molecule has 0 aliphatic heterocycles. The monoisotopic (exact) mass is 309 g/mol. The number of hydrogen-bond donors (Lipinski definition) is 1. The van der Waals surface area contributed by atoms with Crippen LogP contribution in [0.4, 0.5) is 22.0 Å². The average molecular weight is 309 g/mol. The van der Waals surface area contributed by atoms with Crippen LogP contribution in [0, 0.1) is 6.92 Å². The molecule has 116 valence electrons. The van der Waals surface area contributed by atoms with Crippen molar-refractivity contribution in [3.05, 3.63) is 22.9 Å². The Morgan fingerprint density at radius 2 is 1.86 bits per heavy atom. The highest BCUT2D eigenvalue weighted by molar-refractivity contribution is 5.49. The Hall–Kier alpha value is -1.44. The van der Waals surface area contributed by atoms with Crippen LogP contribution in [0.1, 0.15) is 41.8 Å². The minimum Gasteiger partial charge on any atom is -0.474 e. The van der Waals surface area contributed by atoms with Gasteiger partial charge in [0, 0.05) is 24.6 Å². The number of aryl methyl sites for hydroxylation is 1. The number of aromatic nitrogens is 1. The molecule has 2 aliphatic carbocycles. The first-order valence-electron chi connectivity index (χ1n) is 6.37. The van der Waals surface area contributed by atoms with Crippen LogP contribution in [0.3, 0.4) is 0 Å². The Morgan fingerprint density at radius 3 is 2.43 bits per heavy atom. The molecule has 21 heavy (non-hydrogen) atoms. The number of alkyl halides is 5. The number of aliphatic hydroxyl groups excluding tert-OH is 1. The molecule has 0 aromatic carbocycles. The molecule has 3 rings (SSSR count). The summed E-state index contributed by atoms with van der Waals surface area (Å²) in [5.74, 6) is -7.28. The lowest BCUT2D eigenvalue weighted by Crippen LogP contribution is -2.43. The van der Waals surface area contributed by atoms with Crippen molar-refractivity contribution in [2.75, 3.05) is 0 Å². The van der Waals surface area contributed by atoms with Gasteiger partial charge in [0.2, 0.25) is 5.88 Å². The number of fused-ring (bicyclic) bond motifs is 1. The molecule has 0 amide bonds. The van der Waals surface area contributed by atoms with Crippen LogP contribution < -0.4 is 4.74 Å². The summed E-state index contributed by atoms with van der Waals surface area (Å²) in [5, 5.41) is 9.58. The van der Waals surface area contributed by atoms with E-state index in [1.54, 1.807) is 0 Å². The van der Waals surface area contributed by atoms with Crippen LogP contribution in [-0.2, 0) is 0 Å². The highest BCUT2D eigenvalue weighted by Crippen LogP contribution is 2.56. The number of ether oxygens (including phenoxy) is 1. The SMILES string of the molecule is Cc1cnc(OC2CC(F)(F)C2)c2c1[C@H](O)C(F)(F)[C@@H]2F. The van der Waals surface area contributed by atoms with E-state index < -0.39 is 54.5 Å². The fourth-order valence-electron chi connectivity index (χ4n) is 2.70. The Balaban J connectivity index is 1.95. The normalized spacial score (nSPS) is 29.9. The maximum absolute atomic E-state index is 13.9. The van der Waals surface area contributed by atoms with Crippen LogP contribution in [0.15, 0.2) is 6.20 Å². The van der Waals surface area contributed by atoms with E-state index in [4.69, 9.17) is 4.74 Å². The largest absolute Gasteiger partial charge is 0.474 e. The second-order valence-corrected chi connectivity index (χ2v) is 5.52. The van der Waals surface area contributed by atoms with Gasteiger partial charge in [-0.15, -0.1) is 0 Å². The molecule has 3 nitrogen and oxygen atoms in total. The predicted octanol–water partition coefficient (Wildman–Crippen LogP) is 3.26. The number of nitrogens with zero attached hydrogens (tertiary/aromatic N) is 1. The zero-order chi connectivity index (χ0) is 15.6. The topological polar surface area (TPSA) is 42.4 Å². The smallest absolute Gasteiger partial charge is 0.312 e. The molecular formula is C13H12F5NO2. The van der Waals surface area contributed by atoms with E-state index in [0.29, 0.717) is 0 Å². The van der Waals surface area contributed by atoms with Gasteiger partial charge in [-0.2, -0.15) is 8.78 Å². The number of pyridine rings is 1. The molecule has 1 aromatic rings. The van der Waals surface area contributed by atoms with Crippen LogP contribution in [0.5, 0.6) is 5.88 Å². The summed E-state index contributed by atoms with van der Waals surface area (Å²) in [6.07, 6.45) is -5.93. The predicted molar refractivity (Wildman–Crippen MR) is 61.3 cm³/mol. The van der Waals surface area contributed by atoms with Gasteiger partial charge in [-0.25, -0.2) is 18.2 Å². The zero-order valence-corrected chi connectivity index (χ0v) is 10.9. The van der Waals surface area contributed by atoms with Crippen molar-refractivity contribution in [2.24, 2.45) is 0 Å². The minimum absolute atomic E-state index is 0.198. The summed E-state index contributed by atoms with van der Waals surface area (Å²) < 4.78 is 71.8. The number of halogens is 5. The lowest BCUT2D eigenvalue weighted by Gasteiger charge is -2.34. The van der Waals surface area contributed by atoms with E-state index in [1.807, 2.05) is 0 Å². The van der Waals surface area contributed by atoms with E-state index in [-0.39, 0.29) is 11.1 Å². The fourth-order valence-corrected chi connectivity index (χ4v) is 2.70. The van der Waals surface area contributed by atoms with Crippen LogP contribution in [0.25, 0.3) is 0 Å². The number of hydrogen-bond acceptors (Lipinski definition) is 3. The first-order chi connectivity index (χ1) is 9.63. The van der Waals surface area contributed by atoms with E-state index in [2.05, 4.69) is 4.98 Å². The molecular weight excluding hydrogens is 297 g/mol. The summed E-state index contributed by atoms with van der Waals surface area (Å²) in [5.41, 5.74) is -0.616. The average Bonchev–Trinajstić information content (AvgIpc) is 2.53. The van der Waals surface area contributed by atoms with E-state index in [0.717, 1.165) is 6.20 Å². The van der Waals surface area contributed by atoms with Crippen molar-refractivity contribution in [3.63, 3.8) is 0 Å².